The van der Waals surface area contributed by atoms with E-state index in [-0.39, 0.29) is 23.5 Å². The van der Waals surface area contributed by atoms with Crippen LogP contribution in [-0.4, -0.2) is 31.6 Å². The van der Waals surface area contributed by atoms with Crippen LogP contribution in [0.2, 0.25) is 0 Å². The Morgan fingerprint density at radius 1 is 1.35 bits per heavy atom. The molecule has 1 N–H and O–H groups in total. The van der Waals surface area contributed by atoms with E-state index < -0.39 is 11.7 Å². The van der Waals surface area contributed by atoms with Crippen molar-refractivity contribution in [1.82, 2.24) is 19.6 Å². The standard InChI is InChI=1S/C15H14FN5O2/c1-9(2)23-14-11(4-3-7-17-14)13(22)19-15-18-12-6-5-10(16)8-21(12)20-15/h3-9H,1-2H3,(H,19,20,22). The molecule has 23 heavy (non-hydrogen) atoms. The predicted molar refractivity (Wildman–Crippen MR) is 80.9 cm³/mol. The highest BCUT2D eigenvalue weighted by atomic mass is 19.1. The second kappa shape index (κ2) is 5.99. The lowest BCUT2D eigenvalue weighted by molar-refractivity contribution is 0.101. The summed E-state index contributed by atoms with van der Waals surface area (Å²) in [5.41, 5.74) is 0.692. The summed E-state index contributed by atoms with van der Waals surface area (Å²) in [5, 5.41) is 6.56. The number of fused-ring (bicyclic) bond motifs is 1. The first kappa shape index (κ1) is 14.9. The minimum atomic E-state index is -0.454. The van der Waals surface area contributed by atoms with Gasteiger partial charge in [-0.1, -0.05) is 0 Å². The van der Waals surface area contributed by atoms with Crippen molar-refractivity contribution in [3.63, 3.8) is 0 Å². The van der Waals surface area contributed by atoms with Gasteiger partial charge in [0, 0.05) is 6.20 Å². The number of hydrogen-bond acceptors (Lipinski definition) is 5. The van der Waals surface area contributed by atoms with Crippen LogP contribution in [0.4, 0.5) is 10.3 Å². The van der Waals surface area contributed by atoms with Gasteiger partial charge in [0.05, 0.1) is 12.3 Å². The molecule has 1 amide bonds. The van der Waals surface area contributed by atoms with Crippen LogP contribution in [0.1, 0.15) is 24.2 Å². The molecule has 0 radical (unpaired) electrons. The second-order valence-electron chi connectivity index (χ2n) is 5.06. The molecule has 0 atom stereocenters. The molecule has 0 unspecified atom stereocenters. The van der Waals surface area contributed by atoms with Gasteiger partial charge in [-0.2, -0.15) is 4.98 Å². The molecule has 0 saturated carbocycles. The highest BCUT2D eigenvalue weighted by Crippen LogP contribution is 2.17. The molecule has 0 bridgehead atoms. The molecular weight excluding hydrogens is 301 g/mol. The van der Waals surface area contributed by atoms with E-state index in [1.165, 1.54) is 22.8 Å². The maximum Gasteiger partial charge on any atom is 0.263 e. The Kier molecular flexibility index (Phi) is 3.88. The molecule has 3 heterocycles. The highest BCUT2D eigenvalue weighted by Gasteiger charge is 2.16. The Hall–Kier alpha value is -3.03. The number of carbonyl (C=O) groups is 1. The summed E-state index contributed by atoms with van der Waals surface area (Å²) in [4.78, 5) is 20.5. The molecule has 7 nitrogen and oxygen atoms in total. The summed E-state index contributed by atoms with van der Waals surface area (Å²) in [6.07, 6.45) is 2.60. The van der Waals surface area contributed by atoms with E-state index in [1.807, 2.05) is 13.8 Å². The topological polar surface area (TPSA) is 81.4 Å². The number of amides is 1. The van der Waals surface area contributed by atoms with Gasteiger partial charge in [0.25, 0.3) is 5.91 Å². The van der Waals surface area contributed by atoms with Crippen molar-refractivity contribution in [3.8, 4) is 5.88 Å². The quantitative estimate of drug-likeness (QED) is 0.799. The van der Waals surface area contributed by atoms with Crippen molar-refractivity contribution in [2.45, 2.75) is 20.0 Å². The minimum Gasteiger partial charge on any atom is -0.474 e. The van der Waals surface area contributed by atoms with E-state index in [2.05, 4.69) is 20.4 Å². The lowest BCUT2D eigenvalue weighted by Crippen LogP contribution is -2.17. The number of rotatable bonds is 4. The maximum atomic E-state index is 13.1. The zero-order chi connectivity index (χ0) is 16.4. The second-order valence-corrected chi connectivity index (χ2v) is 5.06. The van der Waals surface area contributed by atoms with Crippen LogP contribution in [0.5, 0.6) is 5.88 Å². The Bertz CT molecular complexity index is 862. The molecular formula is C15H14FN5O2. The summed E-state index contributed by atoms with van der Waals surface area (Å²) in [7, 11) is 0. The average Bonchev–Trinajstić information content (AvgIpc) is 2.88. The lowest BCUT2D eigenvalue weighted by Gasteiger charge is -2.11. The summed E-state index contributed by atoms with van der Waals surface area (Å²) in [5.74, 6) is -0.597. The number of halogens is 1. The lowest BCUT2D eigenvalue weighted by atomic mass is 10.2. The first-order valence-corrected chi connectivity index (χ1v) is 6.98. The van der Waals surface area contributed by atoms with Gasteiger partial charge in [-0.3, -0.25) is 10.1 Å². The Balaban J connectivity index is 1.86. The van der Waals surface area contributed by atoms with Crippen molar-refractivity contribution in [1.29, 1.82) is 0 Å². The molecule has 3 rings (SSSR count). The summed E-state index contributed by atoms with van der Waals surface area (Å²) in [6, 6.07) is 5.96. The zero-order valence-electron chi connectivity index (χ0n) is 12.5. The third-order valence-corrected chi connectivity index (χ3v) is 2.88. The summed E-state index contributed by atoms with van der Waals surface area (Å²) >= 11 is 0. The monoisotopic (exact) mass is 315 g/mol. The number of hydrogen-bond donors (Lipinski definition) is 1. The highest BCUT2D eigenvalue weighted by molar-refractivity contribution is 6.05. The number of anilines is 1. The van der Waals surface area contributed by atoms with Crippen LogP contribution < -0.4 is 10.1 Å². The number of nitrogens with zero attached hydrogens (tertiary/aromatic N) is 4. The van der Waals surface area contributed by atoms with E-state index in [4.69, 9.17) is 4.74 Å². The molecule has 0 saturated heterocycles. The van der Waals surface area contributed by atoms with Crippen LogP contribution in [0.3, 0.4) is 0 Å². The fraction of sp³-hybridized carbons (Fsp3) is 0.200. The molecule has 0 aliphatic rings. The van der Waals surface area contributed by atoms with Crippen molar-refractivity contribution in [2.24, 2.45) is 0 Å². The Morgan fingerprint density at radius 2 is 2.17 bits per heavy atom. The van der Waals surface area contributed by atoms with Crippen molar-refractivity contribution in [2.75, 3.05) is 5.32 Å². The van der Waals surface area contributed by atoms with E-state index in [9.17, 15) is 9.18 Å². The number of pyridine rings is 2. The van der Waals surface area contributed by atoms with Crippen LogP contribution in [-0.2, 0) is 0 Å². The van der Waals surface area contributed by atoms with Crippen molar-refractivity contribution < 1.29 is 13.9 Å². The van der Waals surface area contributed by atoms with Gasteiger partial charge in [-0.05, 0) is 38.1 Å². The van der Waals surface area contributed by atoms with E-state index in [1.54, 1.807) is 18.3 Å². The molecule has 8 heteroatoms. The summed E-state index contributed by atoms with van der Waals surface area (Å²) in [6.45, 7) is 3.68. The van der Waals surface area contributed by atoms with Gasteiger partial charge >= 0.3 is 0 Å². The van der Waals surface area contributed by atoms with Gasteiger partial charge in [-0.15, -0.1) is 5.10 Å². The maximum absolute atomic E-state index is 13.1. The van der Waals surface area contributed by atoms with E-state index in [0.29, 0.717) is 5.65 Å². The number of aromatic nitrogens is 4. The molecule has 118 valence electrons. The minimum absolute atomic E-state index is 0.0694. The number of carbonyl (C=O) groups excluding carboxylic acids is 1. The third kappa shape index (κ3) is 3.25. The molecule has 0 aliphatic carbocycles. The van der Waals surface area contributed by atoms with Crippen molar-refractivity contribution >= 4 is 17.5 Å². The van der Waals surface area contributed by atoms with Gasteiger partial charge in [0.2, 0.25) is 11.8 Å². The fourth-order valence-corrected chi connectivity index (χ4v) is 1.96. The van der Waals surface area contributed by atoms with E-state index >= 15 is 0 Å². The first-order valence-electron chi connectivity index (χ1n) is 6.98. The molecule has 3 aromatic rings. The van der Waals surface area contributed by atoms with Crippen LogP contribution in [0.25, 0.3) is 5.65 Å². The van der Waals surface area contributed by atoms with Crippen LogP contribution >= 0.6 is 0 Å². The van der Waals surface area contributed by atoms with Crippen LogP contribution in [0.15, 0.2) is 36.7 Å². The first-order chi connectivity index (χ1) is 11.0. The predicted octanol–water partition coefficient (Wildman–Crippen LogP) is 2.30. The Labute approximate surface area is 131 Å². The van der Waals surface area contributed by atoms with Gasteiger partial charge in [0.15, 0.2) is 5.65 Å². The van der Waals surface area contributed by atoms with Gasteiger partial charge < -0.3 is 4.74 Å². The normalized spacial score (nSPS) is 11.0. The van der Waals surface area contributed by atoms with Gasteiger partial charge in [0.1, 0.15) is 11.4 Å². The molecule has 3 aromatic heterocycles. The SMILES string of the molecule is CC(C)Oc1ncccc1C(=O)Nc1nc2ccc(F)cn2n1. The van der Waals surface area contributed by atoms with E-state index in [0.717, 1.165) is 0 Å². The van der Waals surface area contributed by atoms with Gasteiger partial charge in [-0.25, -0.2) is 13.9 Å². The number of ether oxygens (including phenoxy) is 1. The Morgan fingerprint density at radius 3 is 2.96 bits per heavy atom. The third-order valence-electron chi connectivity index (χ3n) is 2.88. The smallest absolute Gasteiger partial charge is 0.263 e. The molecule has 0 spiro atoms. The average molecular weight is 315 g/mol. The fourth-order valence-electron chi connectivity index (χ4n) is 1.96. The number of nitrogens with one attached hydrogen (secondary N) is 1. The van der Waals surface area contributed by atoms with Crippen molar-refractivity contribution in [3.05, 3.63) is 48.0 Å². The summed E-state index contributed by atoms with van der Waals surface area (Å²) < 4.78 is 19.9. The molecule has 0 aliphatic heterocycles. The largest absolute Gasteiger partial charge is 0.474 e. The zero-order valence-corrected chi connectivity index (χ0v) is 12.5. The molecule has 0 aromatic carbocycles. The molecule has 0 fully saturated rings. The van der Waals surface area contributed by atoms with Crippen LogP contribution in [0, 0.1) is 5.82 Å².